The highest BCUT2D eigenvalue weighted by molar-refractivity contribution is 5.72. The van der Waals surface area contributed by atoms with Crippen LogP contribution in [0.2, 0.25) is 0 Å². The second-order valence-corrected chi connectivity index (χ2v) is 4.58. The molecular formula is C14H28O3. The van der Waals surface area contributed by atoms with Gasteiger partial charge in [0.15, 0.2) is 0 Å². The van der Waals surface area contributed by atoms with Crippen molar-refractivity contribution in [1.29, 1.82) is 0 Å². The molecule has 1 N–H and O–H groups in total. The molecule has 17 heavy (non-hydrogen) atoms. The Labute approximate surface area is 106 Å². The summed E-state index contributed by atoms with van der Waals surface area (Å²) in [5.74, 6) is 0.0818. The van der Waals surface area contributed by atoms with Crippen LogP contribution in [-0.2, 0) is 9.53 Å². The first-order valence-corrected chi connectivity index (χ1v) is 7.03. The predicted octanol–water partition coefficient (Wildman–Crippen LogP) is 3.30. The standard InChI is InChI=1S/C14H28O3/c1-3-9-13(10-4-2)14(16)17-12-8-6-5-7-11-15/h13,15H,3-12H2,1-2H3. The van der Waals surface area contributed by atoms with E-state index in [-0.39, 0.29) is 18.5 Å². The van der Waals surface area contributed by atoms with Crippen LogP contribution in [0.5, 0.6) is 0 Å². The molecule has 0 amide bonds. The monoisotopic (exact) mass is 244 g/mol. The summed E-state index contributed by atoms with van der Waals surface area (Å²) in [6.07, 6.45) is 7.77. The number of carbonyl (C=O) groups is 1. The molecule has 0 rings (SSSR count). The van der Waals surface area contributed by atoms with E-state index in [1.165, 1.54) is 0 Å². The van der Waals surface area contributed by atoms with Gasteiger partial charge in [0, 0.05) is 6.61 Å². The SMILES string of the molecule is CCCC(CCC)C(=O)OCCCCCCO. The smallest absolute Gasteiger partial charge is 0.308 e. The molecule has 0 unspecified atom stereocenters. The van der Waals surface area contributed by atoms with Gasteiger partial charge in [0.2, 0.25) is 0 Å². The summed E-state index contributed by atoms with van der Waals surface area (Å²) in [7, 11) is 0. The highest BCUT2D eigenvalue weighted by Crippen LogP contribution is 2.15. The molecule has 0 aromatic carbocycles. The molecular weight excluding hydrogens is 216 g/mol. The summed E-state index contributed by atoms with van der Waals surface area (Å²) in [5, 5.41) is 8.62. The zero-order valence-corrected chi connectivity index (χ0v) is 11.4. The van der Waals surface area contributed by atoms with Crippen LogP contribution in [0, 0.1) is 5.92 Å². The Kier molecular flexibility index (Phi) is 11.5. The van der Waals surface area contributed by atoms with E-state index < -0.39 is 0 Å². The van der Waals surface area contributed by atoms with Crippen molar-refractivity contribution in [3.05, 3.63) is 0 Å². The van der Waals surface area contributed by atoms with Crippen LogP contribution in [0.4, 0.5) is 0 Å². The van der Waals surface area contributed by atoms with Gasteiger partial charge in [-0.1, -0.05) is 33.1 Å². The molecule has 0 aromatic heterocycles. The number of hydrogen-bond donors (Lipinski definition) is 1. The Morgan fingerprint density at radius 3 is 2.18 bits per heavy atom. The van der Waals surface area contributed by atoms with Crippen molar-refractivity contribution in [1.82, 2.24) is 0 Å². The molecule has 3 nitrogen and oxygen atoms in total. The van der Waals surface area contributed by atoms with Gasteiger partial charge in [0.05, 0.1) is 12.5 Å². The molecule has 0 aliphatic carbocycles. The van der Waals surface area contributed by atoms with Crippen molar-refractivity contribution in [2.24, 2.45) is 5.92 Å². The molecule has 0 aromatic rings. The van der Waals surface area contributed by atoms with Crippen molar-refractivity contribution < 1.29 is 14.6 Å². The predicted molar refractivity (Wildman–Crippen MR) is 69.8 cm³/mol. The van der Waals surface area contributed by atoms with E-state index in [4.69, 9.17) is 9.84 Å². The van der Waals surface area contributed by atoms with Crippen molar-refractivity contribution >= 4 is 5.97 Å². The van der Waals surface area contributed by atoms with Gasteiger partial charge < -0.3 is 9.84 Å². The van der Waals surface area contributed by atoms with Gasteiger partial charge in [-0.05, 0) is 32.1 Å². The topological polar surface area (TPSA) is 46.5 Å². The van der Waals surface area contributed by atoms with E-state index >= 15 is 0 Å². The lowest BCUT2D eigenvalue weighted by Gasteiger charge is -2.14. The van der Waals surface area contributed by atoms with E-state index in [0.717, 1.165) is 51.4 Å². The van der Waals surface area contributed by atoms with E-state index in [9.17, 15) is 4.79 Å². The largest absolute Gasteiger partial charge is 0.465 e. The average Bonchev–Trinajstić information content (AvgIpc) is 2.33. The highest BCUT2D eigenvalue weighted by Gasteiger charge is 2.17. The molecule has 0 saturated heterocycles. The molecule has 0 spiro atoms. The summed E-state index contributed by atoms with van der Waals surface area (Å²) >= 11 is 0. The van der Waals surface area contributed by atoms with Gasteiger partial charge >= 0.3 is 5.97 Å². The van der Waals surface area contributed by atoms with Crippen LogP contribution in [0.3, 0.4) is 0 Å². The van der Waals surface area contributed by atoms with Crippen LogP contribution in [0.25, 0.3) is 0 Å². The number of esters is 1. The molecule has 0 aliphatic heterocycles. The Bertz CT molecular complexity index is 174. The molecule has 0 radical (unpaired) electrons. The van der Waals surface area contributed by atoms with Gasteiger partial charge in [0.25, 0.3) is 0 Å². The van der Waals surface area contributed by atoms with E-state index in [1.54, 1.807) is 0 Å². The minimum atomic E-state index is -0.0177. The molecule has 102 valence electrons. The molecule has 0 heterocycles. The number of hydrogen-bond acceptors (Lipinski definition) is 3. The number of aliphatic hydroxyl groups excluding tert-OH is 1. The number of ether oxygens (including phenoxy) is 1. The fraction of sp³-hybridized carbons (Fsp3) is 0.929. The third-order valence-corrected chi connectivity index (χ3v) is 2.90. The Hall–Kier alpha value is -0.570. The lowest BCUT2D eigenvalue weighted by molar-refractivity contribution is -0.149. The van der Waals surface area contributed by atoms with Crippen molar-refractivity contribution in [3.63, 3.8) is 0 Å². The minimum absolute atomic E-state index is 0.0177. The van der Waals surface area contributed by atoms with Gasteiger partial charge in [0.1, 0.15) is 0 Å². The first-order chi connectivity index (χ1) is 8.26. The molecule has 0 aliphatic rings. The molecule has 0 fully saturated rings. The Morgan fingerprint density at radius 1 is 1.06 bits per heavy atom. The van der Waals surface area contributed by atoms with E-state index in [0.29, 0.717) is 6.61 Å². The van der Waals surface area contributed by atoms with Crippen molar-refractivity contribution in [2.75, 3.05) is 13.2 Å². The summed E-state index contributed by atoms with van der Waals surface area (Å²) in [6, 6.07) is 0. The molecule has 0 saturated carbocycles. The molecule has 3 heteroatoms. The fourth-order valence-corrected chi connectivity index (χ4v) is 1.93. The maximum absolute atomic E-state index is 11.7. The third-order valence-electron chi connectivity index (χ3n) is 2.90. The fourth-order valence-electron chi connectivity index (χ4n) is 1.93. The zero-order valence-electron chi connectivity index (χ0n) is 11.4. The zero-order chi connectivity index (χ0) is 12.9. The number of rotatable bonds is 11. The van der Waals surface area contributed by atoms with Gasteiger partial charge in [-0.2, -0.15) is 0 Å². The minimum Gasteiger partial charge on any atom is -0.465 e. The number of unbranched alkanes of at least 4 members (excludes halogenated alkanes) is 3. The normalized spacial score (nSPS) is 10.8. The van der Waals surface area contributed by atoms with Gasteiger partial charge in [-0.15, -0.1) is 0 Å². The number of carbonyl (C=O) groups excluding carboxylic acids is 1. The van der Waals surface area contributed by atoms with Crippen molar-refractivity contribution in [2.45, 2.75) is 65.2 Å². The molecule has 0 atom stereocenters. The first-order valence-electron chi connectivity index (χ1n) is 7.03. The van der Waals surface area contributed by atoms with Gasteiger partial charge in [-0.3, -0.25) is 4.79 Å². The van der Waals surface area contributed by atoms with Crippen LogP contribution in [0.1, 0.15) is 65.2 Å². The van der Waals surface area contributed by atoms with Crippen LogP contribution in [0.15, 0.2) is 0 Å². The average molecular weight is 244 g/mol. The number of aliphatic hydroxyl groups is 1. The Morgan fingerprint density at radius 2 is 1.65 bits per heavy atom. The van der Waals surface area contributed by atoms with Crippen LogP contribution < -0.4 is 0 Å². The van der Waals surface area contributed by atoms with E-state index in [1.807, 2.05) is 0 Å². The van der Waals surface area contributed by atoms with Crippen molar-refractivity contribution in [3.8, 4) is 0 Å². The van der Waals surface area contributed by atoms with Crippen LogP contribution in [-0.4, -0.2) is 24.3 Å². The second-order valence-electron chi connectivity index (χ2n) is 4.58. The molecule has 0 bridgehead atoms. The quantitative estimate of drug-likeness (QED) is 0.448. The summed E-state index contributed by atoms with van der Waals surface area (Å²) in [5.41, 5.74) is 0. The Balaban J connectivity index is 3.59. The maximum atomic E-state index is 11.7. The lowest BCUT2D eigenvalue weighted by Crippen LogP contribution is -2.18. The first kappa shape index (κ1) is 16.4. The lowest BCUT2D eigenvalue weighted by atomic mass is 9.99. The second kappa shape index (κ2) is 11.9. The maximum Gasteiger partial charge on any atom is 0.308 e. The third kappa shape index (κ3) is 9.16. The summed E-state index contributed by atoms with van der Waals surface area (Å²) in [6.45, 7) is 5.00. The van der Waals surface area contributed by atoms with Crippen LogP contribution >= 0.6 is 0 Å². The summed E-state index contributed by atoms with van der Waals surface area (Å²) < 4.78 is 5.29. The van der Waals surface area contributed by atoms with Gasteiger partial charge in [-0.25, -0.2) is 0 Å². The summed E-state index contributed by atoms with van der Waals surface area (Å²) in [4.78, 5) is 11.7. The van der Waals surface area contributed by atoms with E-state index in [2.05, 4.69) is 13.8 Å². The highest BCUT2D eigenvalue weighted by atomic mass is 16.5.